The molecule has 22 heavy (non-hydrogen) atoms. The molecule has 0 aliphatic carbocycles. The summed E-state index contributed by atoms with van der Waals surface area (Å²) in [5.74, 6) is 0. The van der Waals surface area contributed by atoms with Gasteiger partial charge in [0.2, 0.25) is 0 Å². The summed E-state index contributed by atoms with van der Waals surface area (Å²) in [5, 5.41) is 9.23. The number of fused-ring (bicyclic) bond motifs is 1. The minimum atomic E-state index is 0.0336. The SMILES string of the molecule is OCc1ccc2c(c1)ncn2-c1cccc(-n2cccc2)c1. The molecule has 4 heteroatoms. The number of nitrogens with zero attached hydrogens (tertiary/aromatic N) is 3. The molecule has 108 valence electrons. The van der Waals surface area contributed by atoms with E-state index < -0.39 is 0 Å². The highest BCUT2D eigenvalue weighted by molar-refractivity contribution is 5.78. The van der Waals surface area contributed by atoms with Crippen LogP contribution in [0.2, 0.25) is 0 Å². The molecule has 0 saturated heterocycles. The van der Waals surface area contributed by atoms with E-state index in [9.17, 15) is 5.11 Å². The molecule has 0 spiro atoms. The Labute approximate surface area is 127 Å². The lowest BCUT2D eigenvalue weighted by atomic mass is 10.2. The van der Waals surface area contributed by atoms with E-state index in [1.807, 2.05) is 55.1 Å². The summed E-state index contributed by atoms with van der Waals surface area (Å²) in [5.41, 5.74) is 4.96. The second-order valence-electron chi connectivity index (χ2n) is 5.21. The maximum Gasteiger partial charge on any atom is 0.100 e. The average molecular weight is 289 g/mol. The molecule has 0 saturated carbocycles. The maximum atomic E-state index is 9.23. The molecule has 0 amide bonds. The Balaban J connectivity index is 1.84. The summed E-state index contributed by atoms with van der Waals surface area (Å²) >= 11 is 0. The highest BCUT2D eigenvalue weighted by atomic mass is 16.3. The highest BCUT2D eigenvalue weighted by Gasteiger charge is 2.06. The Morgan fingerprint density at radius 2 is 1.73 bits per heavy atom. The van der Waals surface area contributed by atoms with Gasteiger partial charge in [0, 0.05) is 23.8 Å². The molecule has 4 nitrogen and oxygen atoms in total. The number of hydrogen-bond acceptors (Lipinski definition) is 2. The normalized spacial score (nSPS) is 11.1. The molecule has 0 bridgehead atoms. The van der Waals surface area contributed by atoms with Crippen molar-refractivity contribution in [2.45, 2.75) is 6.61 Å². The summed E-state index contributed by atoms with van der Waals surface area (Å²) in [7, 11) is 0. The number of aromatic nitrogens is 3. The zero-order valence-corrected chi connectivity index (χ0v) is 11.9. The molecule has 0 unspecified atom stereocenters. The molecular formula is C18H15N3O. The molecule has 2 heterocycles. The minimum Gasteiger partial charge on any atom is -0.392 e. The van der Waals surface area contributed by atoms with Crippen LogP contribution in [0.3, 0.4) is 0 Å². The van der Waals surface area contributed by atoms with Crippen molar-refractivity contribution in [3.05, 3.63) is 78.9 Å². The Morgan fingerprint density at radius 1 is 0.909 bits per heavy atom. The monoisotopic (exact) mass is 289 g/mol. The van der Waals surface area contributed by atoms with Crippen LogP contribution in [-0.4, -0.2) is 19.2 Å². The number of aliphatic hydroxyl groups is 1. The van der Waals surface area contributed by atoms with Gasteiger partial charge in [-0.15, -0.1) is 0 Å². The number of benzene rings is 2. The third kappa shape index (κ3) is 2.10. The van der Waals surface area contributed by atoms with Gasteiger partial charge in [0.05, 0.1) is 17.6 Å². The first kappa shape index (κ1) is 12.9. The number of hydrogen-bond donors (Lipinski definition) is 1. The Hall–Kier alpha value is -2.85. The molecule has 0 aliphatic heterocycles. The van der Waals surface area contributed by atoms with Crippen molar-refractivity contribution in [1.29, 1.82) is 0 Å². The van der Waals surface area contributed by atoms with E-state index in [1.165, 1.54) is 0 Å². The first-order chi connectivity index (χ1) is 10.8. The predicted octanol–water partition coefficient (Wildman–Crippen LogP) is 3.31. The third-order valence-electron chi connectivity index (χ3n) is 3.80. The van der Waals surface area contributed by atoms with Gasteiger partial charge in [-0.2, -0.15) is 0 Å². The molecular weight excluding hydrogens is 274 g/mol. The quantitative estimate of drug-likeness (QED) is 0.629. The fraction of sp³-hybridized carbons (Fsp3) is 0.0556. The lowest BCUT2D eigenvalue weighted by Gasteiger charge is -2.08. The van der Waals surface area contributed by atoms with Crippen molar-refractivity contribution in [2.24, 2.45) is 0 Å². The third-order valence-corrected chi connectivity index (χ3v) is 3.80. The van der Waals surface area contributed by atoms with Crippen LogP contribution in [0.1, 0.15) is 5.56 Å². The van der Waals surface area contributed by atoms with E-state index in [0.717, 1.165) is 28.0 Å². The van der Waals surface area contributed by atoms with E-state index in [4.69, 9.17) is 0 Å². The van der Waals surface area contributed by atoms with Crippen LogP contribution in [-0.2, 0) is 6.61 Å². The highest BCUT2D eigenvalue weighted by Crippen LogP contribution is 2.21. The van der Waals surface area contributed by atoms with Gasteiger partial charge in [-0.3, -0.25) is 4.57 Å². The fourth-order valence-corrected chi connectivity index (χ4v) is 2.67. The standard InChI is InChI=1S/C18H15N3O/c22-12-14-6-7-18-17(10-14)19-13-21(18)16-5-3-4-15(11-16)20-8-1-2-9-20/h1-11,13,22H,12H2. The number of rotatable bonds is 3. The Bertz CT molecular complexity index is 923. The van der Waals surface area contributed by atoms with Gasteiger partial charge in [-0.1, -0.05) is 12.1 Å². The number of imidazole rings is 1. The van der Waals surface area contributed by atoms with Crippen LogP contribution >= 0.6 is 0 Å². The second kappa shape index (κ2) is 5.16. The van der Waals surface area contributed by atoms with Crippen LogP contribution in [0.4, 0.5) is 0 Å². The van der Waals surface area contributed by atoms with Crippen LogP contribution in [0.15, 0.2) is 73.3 Å². The number of aliphatic hydroxyl groups excluding tert-OH is 1. The molecule has 2 aromatic heterocycles. The van der Waals surface area contributed by atoms with Crippen molar-refractivity contribution in [3.63, 3.8) is 0 Å². The van der Waals surface area contributed by atoms with Crippen molar-refractivity contribution in [1.82, 2.24) is 14.1 Å². The minimum absolute atomic E-state index is 0.0336. The topological polar surface area (TPSA) is 43.0 Å². The summed E-state index contributed by atoms with van der Waals surface area (Å²) in [6.45, 7) is 0.0336. The van der Waals surface area contributed by atoms with Crippen LogP contribution < -0.4 is 0 Å². The van der Waals surface area contributed by atoms with Crippen molar-refractivity contribution < 1.29 is 5.11 Å². The fourth-order valence-electron chi connectivity index (χ4n) is 2.67. The van der Waals surface area contributed by atoms with Gasteiger partial charge in [0.25, 0.3) is 0 Å². The lowest BCUT2D eigenvalue weighted by Crippen LogP contribution is -1.95. The van der Waals surface area contributed by atoms with Crippen LogP contribution in [0.5, 0.6) is 0 Å². The largest absolute Gasteiger partial charge is 0.392 e. The zero-order valence-electron chi connectivity index (χ0n) is 11.9. The van der Waals surface area contributed by atoms with E-state index in [2.05, 4.69) is 32.3 Å². The zero-order chi connectivity index (χ0) is 14.9. The van der Waals surface area contributed by atoms with Gasteiger partial charge in [-0.05, 0) is 48.0 Å². The first-order valence-corrected chi connectivity index (χ1v) is 7.16. The summed E-state index contributed by atoms with van der Waals surface area (Å²) < 4.78 is 4.13. The predicted molar refractivity (Wildman–Crippen MR) is 86.3 cm³/mol. The van der Waals surface area contributed by atoms with E-state index in [1.54, 1.807) is 0 Å². The molecule has 0 atom stereocenters. The van der Waals surface area contributed by atoms with Gasteiger partial charge < -0.3 is 9.67 Å². The summed E-state index contributed by atoms with van der Waals surface area (Å²) in [4.78, 5) is 4.44. The first-order valence-electron chi connectivity index (χ1n) is 7.16. The molecule has 0 aliphatic rings. The van der Waals surface area contributed by atoms with Crippen molar-refractivity contribution in [3.8, 4) is 11.4 Å². The molecule has 4 rings (SSSR count). The van der Waals surface area contributed by atoms with Crippen LogP contribution in [0.25, 0.3) is 22.4 Å². The molecule has 0 fully saturated rings. The molecule has 2 aromatic carbocycles. The smallest absolute Gasteiger partial charge is 0.100 e. The van der Waals surface area contributed by atoms with E-state index in [-0.39, 0.29) is 6.61 Å². The van der Waals surface area contributed by atoms with E-state index >= 15 is 0 Å². The average Bonchev–Trinajstić information content (AvgIpc) is 3.24. The molecule has 1 N–H and O–H groups in total. The molecule has 0 radical (unpaired) electrons. The van der Waals surface area contributed by atoms with Crippen molar-refractivity contribution in [2.75, 3.05) is 0 Å². The molecule has 4 aromatic rings. The van der Waals surface area contributed by atoms with E-state index in [0.29, 0.717) is 0 Å². The van der Waals surface area contributed by atoms with Crippen molar-refractivity contribution >= 4 is 11.0 Å². The summed E-state index contributed by atoms with van der Waals surface area (Å²) in [6.07, 6.45) is 5.87. The second-order valence-corrected chi connectivity index (χ2v) is 5.21. The lowest BCUT2D eigenvalue weighted by molar-refractivity contribution is 0.282. The maximum absolute atomic E-state index is 9.23. The van der Waals surface area contributed by atoms with Gasteiger partial charge in [0.1, 0.15) is 6.33 Å². The van der Waals surface area contributed by atoms with Gasteiger partial charge >= 0.3 is 0 Å². The summed E-state index contributed by atoms with van der Waals surface area (Å²) in [6, 6.07) is 18.2. The Morgan fingerprint density at radius 3 is 2.55 bits per heavy atom. The van der Waals surface area contributed by atoms with Gasteiger partial charge in [0.15, 0.2) is 0 Å². The van der Waals surface area contributed by atoms with Gasteiger partial charge in [-0.25, -0.2) is 4.98 Å². The Kier molecular flexibility index (Phi) is 3.02. The van der Waals surface area contributed by atoms with Crippen LogP contribution in [0, 0.1) is 0 Å².